The lowest BCUT2D eigenvalue weighted by atomic mass is 10.1. The fraction of sp³-hybridized carbons (Fsp3) is 0.0667. The van der Waals surface area contributed by atoms with Crippen molar-refractivity contribution >= 4 is 23.6 Å². The van der Waals surface area contributed by atoms with Crippen molar-refractivity contribution in [3.8, 4) is 5.75 Å². The van der Waals surface area contributed by atoms with Crippen molar-refractivity contribution in [2.24, 2.45) is 0 Å². The third kappa shape index (κ3) is 3.26. The average Bonchev–Trinajstić information content (AvgIpc) is 2.44. The van der Waals surface area contributed by atoms with E-state index < -0.39 is 27.6 Å². The van der Waals surface area contributed by atoms with Gasteiger partial charge in [-0.25, -0.2) is 4.79 Å². The topological polar surface area (TPSA) is 111 Å². The smallest absolute Gasteiger partial charge is 0.350 e. The van der Waals surface area contributed by atoms with Crippen LogP contribution in [0.15, 0.2) is 39.5 Å². The third-order valence-electron chi connectivity index (χ3n) is 2.85. The molecule has 2 rings (SSSR count). The van der Waals surface area contributed by atoms with E-state index in [1.807, 2.05) is 0 Å². The fourth-order valence-corrected chi connectivity index (χ4v) is 1.79. The van der Waals surface area contributed by atoms with Gasteiger partial charge in [0, 0.05) is 18.2 Å². The number of ketones is 1. The van der Waals surface area contributed by atoms with E-state index >= 15 is 0 Å². The highest BCUT2D eigenvalue weighted by molar-refractivity contribution is 5.96. The number of non-ortho nitro benzene ring substituents is 1. The maximum absolute atomic E-state index is 11.6. The third-order valence-corrected chi connectivity index (χ3v) is 2.85. The van der Waals surface area contributed by atoms with Crippen LogP contribution in [-0.2, 0) is 0 Å². The van der Waals surface area contributed by atoms with Crippen molar-refractivity contribution in [3.63, 3.8) is 0 Å². The zero-order chi connectivity index (χ0) is 16.3. The molecule has 0 radical (unpaired) electrons. The summed E-state index contributed by atoms with van der Waals surface area (Å²) in [5.74, 6) is -0.977. The second kappa shape index (κ2) is 6.04. The van der Waals surface area contributed by atoms with Crippen LogP contribution < -0.4 is 5.63 Å². The van der Waals surface area contributed by atoms with E-state index in [-0.39, 0.29) is 11.4 Å². The Kier molecular flexibility index (Phi) is 4.17. The minimum atomic E-state index is -0.921. The molecule has 0 aliphatic carbocycles. The van der Waals surface area contributed by atoms with Crippen molar-refractivity contribution in [2.45, 2.75) is 6.92 Å². The van der Waals surface area contributed by atoms with Gasteiger partial charge in [-0.3, -0.25) is 14.9 Å². The second-order valence-electron chi connectivity index (χ2n) is 4.43. The van der Waals surface area contributed by atoms with E-state index in [4.69, 9.17) is 4.42 Å². The lowest BCUT2D eigenvalue weighted by molar-refractivity contribution is -0.384. The van der Waals surface area contributed by atoms with Crippen molar-refractivity contribution in [1.82, 2.24) is 0 Å². The van der Waals surface area contributed by atoms with Crippen LogP contribution in [0.25, 0.3) is 12.2 Å². The second-order valence-corrected chi connectivity index (χ2v) is 4.43. The predicted molar refractivity (Wildman–Crippen MR) is 78.7 cm³/mol. The van der Waals surface area contributed by atoms with E-state index in [1.54, 1.807) is 6.08 Å². The summed E-state index contributed by atoms with van der Waals surface area (Å²) in [5.41, 5.74) is -0.709. The molecule has 22 heavy (non-hydrogen) atoms. The van der Waals surface area contributed by atoms with Crippen LogP contribution in [0.5, 0.6) is 5.75 Å². The largest absolute Gasteiger partial charge is 0.507 e. The van der Waals surface area contributed by atoms with Crippen LogP contribution in [0.2, 0.25) is 0 Å². The Morgan fingerprint density at radius 3 is 2.41 bits per heavy atom. The van der Waals surface area contributed by atoms with Gasteiger partial charge in [0.15, 0.2) is 5.78 Å². The summed E-state index contributed by atoms with van der Waals surface area (Å²) in [7, 11) is 0. The van der Waals surface area contributed by atoms with Crippen LogP contribution in [0.4, 0.5) is 5.69 Å². The summed E-state index contributed by atoms with van der Waals surface area (Å²) in [6.45, 7) is 1.15. The Morgan fingerprint density at radius 1 is 1.27 bits per heavy atom. The van der Waals surface area contributed by atoms with Gasteiger partial charge in [-0.2, -0.15) is 0 Å². The number of nitro groups is 1. The summed E-state index contributed by atoms with van der Waals surface area (Å²) >= 11 is 0. The lowest BCUT2D eigenvalue weighted by Gasteiger charge is -2.00. The van der Waals surface area contributed by atoms with Gasteiger partial charge in [0.05, 0.1) is 4.92 Å². The van der Waals surface area contributed by atoms with Gasteiger partial charge in [-0.05, 0) is 30.7 Å². The average molecular weight is 301 g/mol. The minimum Gasteiger partial charge on any atom is -0.507 e. The zero-order valence-electron chi connectivity index (χ0n) is 11.5. The van der Waals surface area contributed by atoms with E-state index in [2.05, 4.69) is 0 Å². The van der Waals surface area contributed by atoms with Crippen LogP contribution in [0.1, 0.15) is 28.6 Å². The Bertz CT molecular complexity index is 817. The summed E-state index contributed by atoms with van der Waals surface area (Å²) < 4.78 is 4.90. The molecule has 7 heteroatoms. The number of rotatable bonds is 4. The maximum Gasteiger partial charge on any atom is 0.350 e. The van der Waals surface area contributed by atoms with Crippen LogP contribution in [0.3, 0.4) is 0 Å². The van der Waals surface area contributed by atoms with Gasteiger partial charge in [0.25, 0.3) is 5.69 Å². The molecule has 0 spiro atoms. The maximum atomic E-state index is 11.6. The van der Waals surface area contributed by atoms with Crippen molar-refractivity contribution in [2.75, 3.05) is 0 Å². The van der Waals surface area contributed by atoms with Gasteiger partial charge in [0.2, 0.25) is 0 Å². The van der Waals surface area contributed by atoms with Crippen LogP contribution in [-0.4, -0.2) is 15.8 Å². The van der Waals surface area contributed by atoms with Gasteiger partial charge in [0.1, 0.15) is 17.1 Å². The Hall–Kier alpha value is -3.22. The first-order chi connectivity index (χ1) is 10.4. The highest BCUT2D eigenvalue weighted by Gasteiger charge is 2.14. The highest BCUT2D eigenvalue weighted by Crippen LogP contribution is 2.18. The summed E-state index contributed by atoms with van der Waals surface area (Å²) in [5, 5.41) is 20.2. The van der Waals surface area contributed by atoms with Gasteiger partial charge < -0.3 is 9.52 Å². The lowest BCUT2D eigenvalue weighted by Crippen LogP contribution is -2.12. The Balaban J connectivity index is 2.29. The molecular weight excluding hydrogens is 290 g/mol. The molecule has 7 nitrogen and oxygen atoms in total. The van der Waals surface area contributed by atoms with Gasteiger partial charge >= 0.3 is 5.63 Å². The standard InChI is InChI=1S/C15H11NO6/c1-9(17)14-13(18)8-12(22-15(14)19)7-4-10-2-5-11(6-3-10)16(20)21/h2-8,18H,1H3/b7-4+. The normalized spacial score (nSPS) is 10.8. The number of nitrogens with zero attached hydrogens (tertiary/aromatic N) is 1. The summed E-state index contributed by atoms with van der Waals surface area (Å²) in [6.07, 6.45) is 2.96. The first kappa shape index (κ1) is 15.2. The molecule has 0 atom stereocenters. The van der Waals surface area contributed by atoms with E-state index in [1.165, 1.54) is 30.3 Å². The number of carbonyl (C=O) groups excluding carboxylic acids is 1. The zero-order valence-corrected chi connectivity index (χ0v) is 11.5. The number of nitro benzene ring substituents is 1. The first-order valence-electron chi connectivity index (χ1n) is 6.19. The Labute approximate surface area is 124 Å². The van der Waals surface area contributed by atoms with E-state index in [0.29, 0.717) is 5.56 Å². The number of benzene rings is 1. The molecule has 1 aromatic carbocycles. The van der Waals surface area contributed by atoms with Crippen molar-refractivity contribution in [3.05, 3.63) is 67.8 Å². The van der Waals surface area contributed by atoms with E-state index in [0.717, 1.165) is 13.0 Å². The molecule has 112 valence electrons. The predicted octanol–water partition coefficient (Wildman–Crippen LogP) is 2.63. The molecular formula is C15H11NO6. The molecule has 1 heterocycles. The Morgan fingerprint density at radius 2 is 1.91 bits per heavy atom. The van der Waals surface area contributed by atoms with Crippen molar-refractivity contribution < 1.29 is 19.2 Å². The summed E-state index contributed by atoms with van der Waals surface area (Å²) in [6, 6.07) is 6.88. The molecule has 0 aliphatic heterocycles. The molecule has 0 amide bonds. The fourth-order valence-electron chi connectivity index (χ4n) is 1.79. The number of aromatic hydroxyl groups is 1. The quantitative estimate of drug-likeness (QED) is 0.528. The first-order valence-corrected chi connectivity index (χ1v) is 6.19. The minimum absolute atomic E-state index is 0.0351. The molecule has 1 N–H and O–H groups in total. The monoisotopic (exact) mass is 301 g/mol. The SMILES string of the molecule is CC(=O)c1c(O)cc(/C=C/c2ccc([N+](=O)[O-])cc2)oc1=O. The van der Waals surface area contributed by atoms with E-state index in [9.17, 15) is 24.8 Å². The number of Topliss-reactive ketones (excluding diaryl/α,β-unsaturated/α-hetero) is 1. The molecule has 0 saturated carbocycles. The number of hydrogen-bond acceptors (Lipinski definition) is 6. The molecule has 0 fully saturated rings. The molecule has 0 bridgehead atoms. The van der Waals surface area contributed by atoms with Crippen molar-refractivity contribution in [1.29, 1.82) is 0 Å². The molecule has 2 aromatic rings. The van der Waals surface area contributed by atoms with Gasteiger partial charge in [-0.1, -0.05) is 6.08 Å². The van der Waals surface area contributed by atoms with Crippen LogP contribution in [0, 0.1) is 10.1 Å². The number of hydrogen-bond donors (Lipinski definition) is 1. The molecule has 1 aromatic heterocycles. The highest BCUT2D eigenvalue weighted by atomic mass is 16.6. The molecule has 0 aliphatic rings. The number of carbonyl (C=O) groups is 1. The van der Waals surface area contributed by atoms with Crippen LogP contribution >= 0.6 is 0 Å². The molecule has 0 unspecified atom stereocenters. The summed E-state index contributed by atoms with van der Waals surface area (Å²) in [4.78, 5) is 32.8. The van der Waals surface area contributed by atoms with Gasteiger partial charge in [-0.15, -0.1) is 0 Å². The molecule has 0 saturated heterocycles.